The first-order chi connectivity index (χ1) is 13.0. The second kappa shape index (κ2) is 9.59. The van der Waals surface area contributed by atoms with E-state index in [0.29, 0.717) is 5.92 Å². The Morgan fingerprint density at radius 2 is 1.30 bits per heavy atom. The summed E-state index contributed by atoms with van der Waals surface area (Å²) >= 11 is 12.0. The Labute approximate surface area is 171 Å². The van der Waals surface area contributed by atoms with Crippen molar-refractivity contribution in [1.82, 2.24) is 4.90 Å². The van der Waals surface area contributed by atoms with Crippen molar-refractivity contribution in [2.24, 2.45) is 17.6 Å². The first-order valence-electron chi connectivity index (χ1n) is 9.50. The molecule has 0 spiro atoms. The average Bonchev–Trinajstić information content (AvgIpc) is 2.66. The van der Waals surface area contributed by atoms with Gasteiger partial charge in [0, 0.05) is 35.6 Å². The molecule has 1 saturated carbocycles. The molecular formula is C22H26Cl2N2O. The number of hydrogen-bond donors (Lipinski definition) is 1. The first-order valence-corrected chi connectivity index (χ1v) is 10.3. The van der Waals surface area contributed by atoms with E-state index in [1.54, 1.807) is 0 Å². The predicted molar refractivity (Wildman–Crippen MR) is 112 cm³/mol. The topological polar surface area (TPSA) is 46.3 Å². The van der Waals surface area contributed by atoms with E-state index in [9.17, 15) is 4.79 Å². The molecule has 1 aliphatic rings. The maximum atomic E-state index is 11.4. The molecule has 0 aliphatic heterocycles. The minimum atomic E-state index is -0.146. The van der Waals surface area contributed by atoms with Crippen LogP contribution in [0.4, 0.5) is 0 Å². The zero-order valence-corrected chi connectivity index (χ0v) is 16.9. The Hall–Kier alpha value is -1.55. The van der Waals surface area contributed by atoms with Crippen molar-refractivity contribution in [2.75, 3.05) is 6.54 Å². The molecule has 2 aromatic carbocycles. The summed E-state index contributed by atoms with van der Waals surface area (Å²) in [4.78, 5) is 13.9. The van der Waals surface area contributed by atoms with Gasteiger partial charge in [-0.15, -0.1) is 0 Å². The van der Waals surface area contributed by atoms with Crippen molar-refractivity contribution < 1.29 is 4.79 Å². The van der Waals surface area contributed by atoms with Crippen molar-refractivity contribution in [2.45, 2.75) is 38.8 Å². The fourth-order valence-electron chi connectivity index (χ4n) is 3.88. The van der Waals surface area contributed by atoms with Gasteiger partial charge in [-0.05, 0) is 67.0 Å². The van der Waals surface area contributed by atoms with E-state index in [2.05, 4.69) is 29.2 Å². The van der Waals surface area contributed by atoms with E-state index in [1.807, 2.05) is 24.3 Å². The fourth-order valence-corrected chi connectivity index (χ4v) is 4.13. The maximum Gasteiger partial charge on any atom is 0.220 e. The van der Waals surface area contributed by atoms with Crippen LogP contribution in [0, 0.1) is 11.8 Å². The van der Waals surface area contributed by atoms with Crippen molar-refractivity contribution in [3.05, 3.63) is 69.7 Å². The lowest BCUT2D eigenvalue weighted by atomic mass is 9.81. The fraction of sp³-hybridized carbons (Fsp3) is 0.409. The standard InChI is InChI=1S/C22H26Cl2N2O/c23-20-9-3-17(4-10-20)14-26(15-18-5-11-21(24)12-6-18)13-16-1-7-19(8-2-16)22(25)27/h3-6,9-12,16,19H,1-2,7-8,13-15H2,(H2,25,27). The SMILES string of the molecule is NC(=O)C1CCC(CN(Cc2ccc(Cl)cc2)Cc2ccc(Cl)cc2)CC1. The minimum Gasteiger partial charge on any atom is -0.369 e. The van der Waals surface area contributed by atoms with Gasteiger partial charge in [0.15, 0.2) is 0 Å². The van der Waals surface area contributed by atoms with E-state index in [0.717, 1.165) is 55.4 Å². The van der Waals surface area contributed by atoms with Crippen LogP contribution >= 0.6 is 23.2 Å². The number of nitrogens with zero attached hydrogens (tertiary/aromatic N) is 1. The van der Waals surface area contributed by atoms with Crippen molar-refractivity contribution in [1.29, 1.82) is 0 Å². The Morgan fingerprint density at radius 1 is 0.852 bits per heavy atom. The molecule has 0 aromatic heterocycles. The third kappa shape index (κ3) is 6.24. The van der Waals surface area contributed by atoms with Crippen molar-refractivity contribution in [3.8, 4) is 0 Å². The normalized spacial score (nSPS) is 20.0. The molecule has 2 N–H and O–H groups in total. The van der Waals surface area contributed by atoms with Crippen LogP contribution in [0.2, 0.25) is 10.0 Å². The maximum absolute atomic E-state index is 11.4. The quantitative estimate of drug-likeness (QED) is 0.681. The largest absolute Gasteiger partial charge is 0.369 e. The van der Waals surface area contributed by atoms with Crippen LogP contribution < -0.4 is 5.73 Å². The molecule has 0 bridgehead atoms. The number of hydrogen-bond acceptors (Lipinski definition) is 2. The molecule has 3 rings (SSSR count). The lowest BCUT2D eigenvalue weighted by Gasteiger charge is -2.32. The second-order valence-electron chi connectivity index (χ2n) is 7.54. The molecule has 0 unspecified atom stereocenters. The number of primary amides is 1. The van der Waals surface area contributed by atoms with Gasteiger partial charge in [-0.2, -0.15) is 0 Å². The molecule has 0 saturated heterocycles. The number of rotatable bonds is 7. The zero-order chi connectivity index (χ0) is 19.2. The Kier molecular flexibility index (Phi) is 7.17. The van der Waals surface area contributed by atoms with Crippen LogP contribution in [0.3, 0.4) is 0 Å². The van der Waals surface area contributed by atoms with Crippen LogP contribution in [0.25, 0.3) is 0 Å². The summed E-state index contributed by atoms with van der Waals surface area (Å²) in [6.07, 6.45) is 3.95. The Morgan fingerprint density at radius 3 is 1.70 bits per heavy atom. The number of halogens is 2. The van der Waals surface area contributed by atoms with Gasteiger partial charge >= 0.3 is 0 Å². The van der Waals surface area contributed by atoms with Crippen LogP contribution in [-0.4, -0.2) is 17.4 Å². The highest BCUT2D eigenvalue weighted by atomic mass is 35.5. The number of carbonyl (C=O) groups is 1. The lowest BCUT2D eigenvalue weighted by Crippen LogP contribution is -2.33. The van der Waals surface area contributed by atoms with Crippen LogP contribution in [-0.2, 0) is 17.9 Å². The summed E-state index contributed by atoms with van der Waals surface area (Å²) in [6.45, 7) is 2.75. The number of amides is 1. The van der Waals surface area contributed by atoms with Gasteiger partial charge < -0.3 is 5.73 Å². The van der Waals surface area contributed by atoms with Gasteiger partial charge in [-0.25, -0.2) is 0 Å². The smallest absolute Gasteiger partial charge is 0.220 e. The zero-order valence-electron chi connectivity index (χ0n) is 15.4. The molecule has 1 fully saturated rings. The van der Waals surface area contributed by atoms with E-state index in [4.69, 9.17) is 28.9 Å². The third-order valence-corrected chi connectivity index (χ3v) is 5.91. The van der Waals surface area contributed by atoms with E-state index < -0.39 is 0 Å². The second-order valence-corrected chi connectivity index (χ2v) is 8.42. The average molecular weight is 405 g/mol. The summed E-state index contributed by atoms with van der Waals surface area (Å²) in [5, 5.41) is 1.51. The molecule has 0 atom stereocenters. The summed E-state index contributed by atoms with van der Waals surface area (Å²) in [5.41, 5.74) is 7.97. The van der Waals surface area contributed by atoms with Crippen LogP contribution in [0.5, 0.6) is 0 Å². The van der Waals surface area contributed by atoms with Crippen molar-refractivity contribution >= 4 is 29.1 Å². The molecule has 2 aromatic rings. The highest BCUT2D eigenvalue weighted by molar-refractivity contribution is 6.30. The van der Waals surface area contributed by atoms with Gasteiger partial charge in [0.05, 0.1) is 0 Å². The molecule has 3 nitrogen and oxygen atoms in total. The van der Waals surface area contributed by atoms with E-state index >= 15 is 0 Å². The Balaban J connectivity index is 1.66. The van der Waals surface area contributed by atoms with Gasteiger partial charge in [0.25, 0.3) is 0 Å². The van der Waals surface area contributed by atoms with Crippen LogP contribution in [0.15, 0.2) is 48.5 Å². The summed E-state index contributed by atoms with van der Waals surface area (Å²) in [5.74, 6) is 0.509. The van der Waals surface area contributed by atoms with Gasteiger partial charge in [0.2, 0.25) is 5.91 Å². The molecular weight excluding hydrogens is 379 g/mol. The molecule has 27 heavy (non-hydrogen) atoms. The van der Waals surface area contributed by atoms with Gasteiger partial charge in [-0.1, -0.05) is 47.5 Å². The van der Waals surface area contributed by atoms with E-state index in [1.165, 1.54) is 11.1 Å². The lowest BCUT2D eigenvalue weighted by molar-refractivity contribution is -0.123. The van der Waals surface area contributed by atoms with Crippen molar-refractivity contribution in [3.63, 3.8) is 0 Å². The van der Waals surface area contributed by atoms with Gasteiger partial charge in [-0.3, -0.25) is 9.69 Å². The molecule has 5 heteroatoms. The van der Waals surface area contributed by atoms with Crippen LogP contribution in [0.1, 0.15) is 36.8 Å². The molecule has 1 amide bonds. The predicted octanol–water partition coefficient (Wildman–Crippen LogP) is 5.29. The minimum absolute atomic E-state index is 0.0576. The molecule has 0 heterocycles. The Bertz CT molecular complexity index is 690. The molecule has 1 aliphatic carbocycles. The summed E-state index contributed by atoms with van der Waals surface area (Å²) < 4.78 is 0. The first kappa shape index (κ1) is 20.2. The third-order valence-electron chi connectivity index (χ3n) is 5.40. The molecule has 144 valence electrons. The highest BCUT2D eigenvalue weighted by Crippen LogP contribution is 2.30. The number of nitrogens with two attached hydrogens (primary N) is 1. The summed E-state index contributed by atoms with van der Waals surface area (Å²) in [6, 6.07) is 16.1. The van der Waals surface area contributed by atoms with E-state index in [-0.39, 0.29) is 11.8 Å². The molecule has 0 radical (unpaired) electrons. The number of benzene rings is 2. The highest BCUT2D eigenvalue weighted by Gasteiger charge is 2.26. The number of carbonyl (C=O) groups excluding carboxylic acids is 1. The summed E-state index contributed by atoms with van der Waals surface area (Å²) in [7, 11) is 0. The monoisotopic (exact) mass is 404 g/mol. The van der Waals surface area contributed by atoms with Gasteiger partial charge in [0.1, 0.15) is 0 Å².